The molecule has 19 heavy (non-hydrogen) atoms. The molecule has 1 N–H and O–H groups in total. The molecule has 0 saturated heterocycles. The van der Waals surface area contributed by atoms with E-state index >= 15 is 0 Å². The zero-order valence-electron chi connectivity index (χ0n) is 11.1. The van der Waals surface area contributed by atoms with Gasteiger partial charge in [0.05, 0.1) is 7.11 Å². The molecule has 0 saturated carbocycles. The number of thiocarbonyl (C=S) groups is 1. The second kappa shape index (κ2) is 6.34. The summed E-state index contributed by atoms with van der Waals surface area (Å²) in [6.07, 6.45) is 0. The predicted octanol–water partition coefficient (Wildman–Crippen LogP) is 3.47. The Balaban J connectivity index is 2.03. The monoisotopic (exact) mass is 271 g/mol. The third-order valence-corrected chi connectivity index (χ3v) is 3.41. The molecule has 0 atom stereocenters. The van der Waals surface area contributed by atoms with Crippen molar-refractivity contribution in [1.82, 2.24) is 5.32 Å². The highest BCUT2D eigenvalue weighted by molar-refractivity contribution is 7.80. The fourth-order valence-electron chi connectivity index (χ4n) is 1.85. The van der Waals surface area contributed by atoms with E-state index in [1.54, 1.807) is 7.11 Å². The zero-order chi connectivity index (χ0) is 13.7. The Kier molecular flexibility index (Phi) is 4.53. The molecule has 0 spiro atoms. The van der Waals surface area contributed by atoms with Crippen molar-refractivity contribution in [2.24, 2.45) is 0 Å². The normalized spacial score (nSPS) is 10.0. The van der Waals surface area contributed by atoms with E-state index in [1.807, 2.05) is 36.4 Å². The minimum Gasteiger partial charge on any atom is -0.497 e. The van der Waals surface area contributed by atoms with Crippen LogP contribution in [0.25, 0.3) is 0 Å². The van der Waals surface area contributed by atoms with Gasteiger partial charge in [0.1, 0.15) is 10.7 Å². The van der Waals surface area contributed by atoms with Gasteiger partial charge in [-0.25, -0.2) is 0 Å². The van der Waals surface area contributed by atoms with Crippen molar-refractivity contribution >= 4 is 17.2 Å². The summed E-state index contributed by atoms with van der Waals surface area (Å²) in [7, 11) is 1.66. The van der Waals surface area contributed by atoms with Crippen molar-refractivity contribution in [3.05, 3.63) is 65.2 Å². The van der Waals surface area contributed by atoms with Crippen LogP contribution in [-0.4, -0.2) is 12.1 Å². The Hall–Kier alpha value is -1.87. The highest BCUT2D eigenvalue weighted by Crippen LogP contribution is 2.13. The number of hydrogen-bond acceptors (Lipinski definition) is 2. The number of rotatable bonds is 4. The number of methoxy groups -OCH3 is 1. The lowest BCUT2D eigenvalue weighted by molar-refractivity contribution is 0.414. The number of ether oxygens (including phenoxy) is 1. The fraction of sp³-hybridized carbons (Fsp3) is 0.188. The molecule has 0 aliphatic heterocycles. The standard InChI is InChI=1S/C16H17NOS/c1-12-6-3-4-7-14(12)11-17-16(19)13-8-5-9-15(10-13)18-2/h3-10H,11H2,1-2H3,(H,17,19). The molecule has 98 valence electrons. The highest BCUT2D eigenvalue weighted by Gasteiger charge is 2.03. The average molecular weight is 271 g/mol. The van der Waals surface area contributed by atoms with Crippen molar-refractivity contribution in [3.8, 4) is 5.75 Å². The van der Waals surface area contributed by atoms with Crippen LogP contribution in [0.2, 0.25) is 0 Å². The van der Waals surface area contributed by atoms with Crippen LogP contribution < -0.4 is 10.1 Å². The quantitative estimate of drug-likeness (QED) is 0.860. The summed E-state index contributed by atoms with van der Waals surface area (Å²) in [5, 5.41) is 3.28. The lowest BCUT2D eigenvalue weighted by atomic mass is 10.1. The highest BCUT2D eigenvalue weighted by atomic mass is 32.1. The molecule has 0 bridgehead atoms. The van der Waals surface area contributed by atoms with Gasteiger partial charge in [-0.1, -0.05) is 48.6 Å². The van der Waals surface area contributed by atoms with E-state index in [0.717, 1.165) is 22.8 Å². The van der Waals surface area contributed by atoms with Gasteiger partial charge in [0.2, 0.25) is 0 Å². The van der Waals surface area contributed by atoms with E-state index in [4.69, 9.17) is 17.0 Å². The molecule has 2 nitrogen and oxygen atoms in total. The second-order valence-electron chi connectivity index (χ2n) is 4.34. The lowest BCUT2D eigenvalue weighted by Crippen LogP contribution is -2.22. The second-order valence-corrected chi connectivity index (χ2v) is 4.75. The summed E-state index contributed by atoms with van der Waals surface area (Å²) in [6.45, 7) is 2.84. The van der Waals surface area contributed by atoms with Gasteiger partial charge in [0.25, 0.3) is 0 Å². The Morgan fingerprint density at radius 2 is 1.95 bits per heavy atom. The molecule has 0 aromatic heterocycles. The Bertz CT molecular complexity index is 580. The summed E-state index contributed by atoms with van der Waals surface area (Å²) >= 11 is 5.40. The number of nitrogens with one attached hydrogen (secondary N) is 1. The summed E-state index contributed by atoms with van der Waals surface area (Å²) in [5.74, 6) is 0.817. The topological polar surface area (TPSA) is 21.3 Å². The van der Waals surface area contributed by atoms with Crippen LogP contribution >= 0.6 is 12.2 Å². The van der Waals surface area contributed by atoms with E-state index in [2.05, 4.69) is 24.4 Å². The first-order valence-corrected chi connectivity index (χ1v) is 6.58. The first kappa shape index (κ1) is 13.6. The first-order valence-electron chi connectivity index (χ1n) is 6.17. The van der Waals surface area contributed by atoms with Gasteiger partial charge in [0, 0.05) is 12.1 Å². The maximum Gasteiger partial charge on any atom is 0.119 e. The van der Waals surface area contributed by atoms with Crippen LogP contribution in [0.4, 0.5) is 0 Å². The van der Waals surface area contributed by atoms with Crippen molar-refractivity contribution in [2.45, 2.75) is 13.5 Å². The maximum atomic E-state index is 5.40. The summed E-state index contributed by atoms with van der Waals surface area (Å²) in [5.41, 5.74) is 3.50. The van der Waals surface area contributed by atoms with E-state index in [0.29, 0.717) is 0 Å². The minimum absolute atomic E-state index is 0.738. The smallest absolute Gasteiger partial charge is 0.119 e. The predicted molar refractivity (Wildman–Crippen MR) is 82.7 cm³/mol. The van der Waals surface area contributed by atoms with Crippen LogP contribution in [0.15, 0.2) is 48.5 Å². The van der Waals surface area contributed by atoms with Crippen LogP contribution in [0.5, 0.6) is 5.75 Å². The molecular formula is C16H17NOS. The van der Waals surface area contributed by atoms with Crippen LogP contribution in [0.3, 0.4) is 0 Å². The van der Waals surface area contributed by atoms with E-state index in [-0.39, 0.29) is 0 Å². The van der Waals surface area contributed by atoms with Gasteiger partial charge in [-0.2, -0.15) is 0 Å². The molecule has 0 unspecified atom stereocenters. The molecule has 2 aromatic rings. The van der Waals surface area contributed by atoms with Crippen molar-refractivity contribution in [2.75, 3.05) is 7.11 Å². The molecule has 0 aliphatic rings. The maximum absolute atomic E-state index is 5.40. The number of benzene rings is 2. The van der Waals surface area contributed by atoms with Crippen molar-refractivity contribution in [3.63, 3.8) is 0 Å². The molecule has 3 heteroatoms. The molecule has 0 fully saturated rings. The van der Waals surface area contributed by atoms with Crippen molar-refractivity contribution < 1.29 is 4.74 Å². The van der Waals surface area contributed by atoms with Crippen LogP contribution in [0, 0.1) is 6.92 Å². The summed E-state index contributed by atoms with van der Waals surface area (Å²) in [4.78, 5) is 0.738. The summed E-state index contributed by atoms with van der Waals surface area (Å²) < 4.78 is 5.20. The fourth-order valence-corrected chi connectivity index (χ4v) is 2.05. The third kappa shape index (κ3) is 3.55. The molecule has 0 heterocycles. The Morgan fingerprint density at radius 1 is 1.16 bits per heavy atom. The van der Waals surface area contributed by atoms with Gasteiger partial charge < -0.3 is 10.1 Å². The van der Waals surface area contributed by atoms with Gasteiger partial charge in [0.15, 0.2) is 0 Å². The van der Waals surface area contributed by atoms with E-state index < -0.39 is 0 Å². The lowest BCUT2D eigenvalue weighted by Gasteiger charge is -2.11. The van der Waals surface area contributed by atoms with Crippen LogP contribution in [-0.2, 0) is 6.54 Å². The Labute approximate surface area is 119 Å². The molecule has 0 amide bonds. The van der Waals surface area contributed by atoms with Crippen molar-refractivity contribution in [1.29, 1.82) is 0 Å². The Morgan fingerprint density at radius 3 is 2.68 bits per heavy atom. The number of hydrogen-bond donors (Lipinski definition) is 1. The molecule has 0 radical (unpaired) electrons. The molecule has 2 aromatic carbocycles. The van der Waals surface area contributed by atoms with Gasteiger partial charge in [-0.3, -0.25) is 0 Å². The average Bonchev–Trinajstić information content (AvgIpc) is 2.46. The SMILES string of the molecule is COc1cccc(C(=S)NCc2ccccc2C)c1. The van der Waals surface area contributed by atoms with Gasteiger partial charge in [-0.15, -0.1) is 0 Å². The minimum atomic E-state index is 0.738. The summed E-state index contributed by atoms with van der Waals surface area (Å²) in [6, 6.07) is 16.1. The van der Waals surface area contributed by atoms with E-state index in [9.17, 15) is 0 Å². The molecule has 2 rings (SSSR count). The largest absolute Gasteiger partial charge is 0.497 e. The molecule has 0 aliphatic carbocycles. The molecular weight excluding hydrogens is 254 g/mol. The van der Waals surface area contributed by atoms with Crippen LogP contribution in [0.1, 0.15) is 16.7 Å². The van der Waals surface area contributed by atoms with Gasteiger partial charge >= 0.3 is 0 Å². The third-order valence-electron chi connectivity index (χ3n) is 3.03. The number of aryl methyl sites for hydroxylation is 1. The van der Waals surface area contributed by atoms with E-state index in [1.165, 1.54) is 11.1 Å². The zero-order valence-corrected chi connectivity index (χ0v) is 12.0. The van der Waals surface area contributed by atoms with Gasteiger partial charge in [-0.05, 0) is 30.2 Å². The first-order chi connectivity index (χ1) is 9.20.